The first-order chi connectivity index (χ1) is 5.52. The zero-order valence-corrected chi connectivity index (χ0v) is 8.43. The van der Waals surface area contributed by atoms with E-state index in [0.29, 0.717) is 18.5 Å². The van der Waals surface area contributed by atoms with E-state index in [2.05, 4.69) is 26.1 Å². The van der Waals surface area contributed by atoms with Gasteiger partial charge in [0.25, 0.3) is 0 Å². The third-order valence-corrected chi connectivity index (χ3v) is 2.21. The number of aliphatic hydroxyl groups excluding tert-OH is 1. The Morgan fingerprint density at radius 3 is 2.50 bits per heavy atom. The van der Waals surface area contributed by atoms with E-state index >= 15 is 0 Å². The van der Waals surface area contributed by atoms with E-state index in [-0.39, 0.29) is 0 Å². The molecule has 0 aliphatic carbocycles. The van der Waals surface area contributed by atoms with Crippen molar-refractivity contribution in [1.82, 2.24) is 5.32 Å². The third-order valence-electron chi connectivity index (χ3n) is 2.21. The highest BCUT2D eigenvalue weighted by molar-refractivity contribution is 4.70. The minimum atomic E-state index is -0.405. The summed E-state index contributed by atoms with van der Waals surface area (Å²) in [5.74, 6) is 0. The Morgan fingerprint density at radius 1 is 1.50 bits per heavy atom. The van der Waals surface area contributed by atoms with E-state index in [0.717, 1.165) is 13.0 Å². The second-order valence-corrected chi connectivity index (χ2v) is 4.04. The van der Waals surface area contributed by atoms with Gasteiger partial charge >= 0.3 is 0 Å². The zero-order chi connectivity index (χ0) is 9.61. The first-order valence-electron chi connectivity index (χ1n) is 4.60. The van der Waals surface area contributed by atoms with Crippen molar-refractivity contribution in [2.45, 2.75) is 33.3 Å². The van der Waals surface area contributed by atoms with Crippen LogP contribution < -0.4 is 11.1 Å². The minimum absolute atomic E-state index is 0.314. The van der Waals surface area contributed by atoms with Crippen molar-refractivity contribution >= 4 is 0 Å². The summed E-state index contributed by atoms with van der Waals surface area (Å²) in [7, 11) is 0. The SMILES string of the molecule is CCC(C)(C)CNCC(O)CN. The number of hydrogen-bond donors (Lipinski definition) is 3. The molecule has 1 atom stereocenters. The van der Waals surface area contributed by atoms with Crippen LogP contribution in [0.1, 0.15) is 27.2 Å². The van der Waals surface area contributed by atoms with Gasteiger partial charge < -0.3 is 16.2 Å². The summed E-state index contributed by atoms with van der Waals surface area (Å²) in [5.41, 5.74) is 5.58. The number of nitrogens with two attached hydrogens (primary N) is 1. The molecule has 4 N–H and O–H groups in total. The number of aliphatic hydroxyl groups is 1. The van der Waals surface area contributed by atoms with Gasteiger partial charge in [0.2, 0.25) is 0 Å². The fraction of sp³-hybridized carbons (Fsp3) is 1.00. The predicted molar refractivity (Wildman–Crippen MR) is 52.0 cm³/mol. The summed E-state index contributed by atoms with van der Waals surface area (Å²) in [6.45, 7) is 8.44. The lowest BCUT2D eigenvalue weighted by Gasteiger charge is -2.23. The van der Waals surface area contributed by atoms with Crippen molar-refractivity contribution in [2.24, 2.45) is 11.1 Å². The van der Waals surface area contributed by atoms with Crippen molar-refractivity contribution in [3.05, 3.63) is 0 Å². The quantitative estimate of drug-likeness (QED) is 0.544. The van der Waals surface area contributed by atoms with Crippen LogP contribution in [0.25, 0.3) is 0 Å². The lowest BCUT2D eigenvalue weighted by Crippen LogP contribution is -2.37. The smallest absolute Gasteiger partial charge is 0.0786 e. The van der Waals surface area contributed by atoms with Crippen LogP contribution in [0.5, 0.6) is 0 Å². The van der Waals surface area contributed by atoms with Crippen molar-refractivity contribution in [3.8, 4) is 0 Å². The highest BCUT2D eigenvalue weighted by Crippen LogP contribution is 2.17. The molecule has 0 radical (unpaired) electrons. The second kappa shape index (κ2) is 5.51. The van der Waals surface area contributed by atoms with Gasteiger partial charge in [0.1, 0.15) is 0 Å². The molecule has 0 bridgehead atoms. The van der Waals surface area contributed by atoms with Gasteiger partial charge in [-0.3, -0.25) is 0 Å². The second-order valence-electron chi connectivity index (χ2n) is 4.04. The molecule has 0 aliphatic rings. The zero-order valence-electron chi connectivity index (χ0n) is 8.43. The molecule has 12 heavy (non-hydrogen) atoms. The molecule has 0 spiro atoms. The summed E-state index contributed by atoms with van der Waals surface area (Å²) in [5, 5.41) is 12.3. The molecule has 0 saturated carbocycles. The molecule has 0 aliphatic heterocycles. The molecule has 0 aromatic heterocycles. The van der Waals surface area contributed by atoms with Crippen LogP contribution in [-0.2, 0) is 0 Å². The fourth-order valence-corrected chi connectivity index (χ4v) is 0.786. The largest absolute Gasteiger partial charge is 0.390 e. The lowest BCUT2D eigenvalue weighted by molar-refractivity contribution is 0.173. The highest BCUT2D eigenvalue weighted by atomic mass is 16.3. The van der Waals surface area contributed by atoms with Crippen molar-refractivity contribution in [1.29, 1.82) is 0 Å². The van der Waals surface area contributed by atoms with Crippen molar-refractivity contribution < 1.29 is 5.11 Å². The number of nitrogens with one attached hydrogen (secondary N) is 1. The third kappa shape index (κ3) is 5.52. The summed E-state index contributed by atoms with van der Waals surface area (Å²) >= 11 is 0. The summed E-state index contributed by atoms with van der Waals surface area (Å²) < 4.78 is 0. The maximum Gasteiger partial charge on any atom is 0.0786 e. The van der Waals surface area contributed by atoms with Gasteiger partial charge in [0, 0.05) is 19.6 Å². The molecule has 74 valence electrons. The number of rotatable bonds is 6. The van der Waals surface area contributed by atoms with Crippen LogP contribution in [0.15, 0.2) is 0 Å². The molecule has 3 heteroatoms. The molecule has 0 amide bonds. The van der Waals surface area contributed by atoms with Crippen molar-refractivity contribution in [3.63, 3.8) is 0 Å². The predicted octanol–water partition coefficient (Wildman–Crippen LogP) is 0.332. The monoisotopic (exact) mass is 174 g/mol. The summed E-state index contributed by atoms with van der Waals surface area (Å²) in [6, 6.07) is 0. The average molecular weight is 174 g/mol. The molecule has 3 nitrogen and oxygen atoms in total. The first kappa shape index (κ1) is 11.9. The Morgan fingerprint density at radius 2 is 2.08 bits per heavy atom. The molecule has 0 rings (SSSR count). The Bertz CT molecular complexity index is 115. The van der Waals surface area contributed by atoms with Crippen LogP contribution in [0.3, 0.4) is 0 Å². The maximum absolute atomic E-state index is 9.14. The van der Waals surface area contributed by atoms with Gasteiger partial charge in [-0.1, -0.05) is 20.8 Å². The van der Waals surface area contributed by atoms with Gasteiger partial charge in [-0.05, 0) is 11.8 Å². The van der Waals surface area contributed by atoms with E-state index < -0.39 is 6.10 Å². The molecular weight excluding hydrogens is 152 g/mol. The van der Waals surface area contributed by atoms with Crippen LogP contribution in [0.4, 0.5) is 0 Å². The average Bonchev–Trinajstić information content (AvgIpc) is 2.04. The van der Waals surface area contributed by atoms with E-state index in [4.69, 9.17) is 10.8 Å². The molecule has 0 aromatic carbocycles. The van der Waals surface area contributed by atoms with E-state index in [1.54, 1.807) is 0 Å². The minimum Gasteiger partial charge on any atom is -0.390 e. The van der Waals surface area contributed by atoms with Gasteiger partial charge in [-0.25, -0.2) is 0 Å². The Labute approximate surface area is 75.3 Å². The standard InChI is InChI=1S/C9H22N2O/c1-4-9(2,3)7-11-6-8(12)5-10/h8,11-12H,4-7,10H2,1-3H3. The Balaban J connectivity index is 3.42. The summed E-state index contributed by atoms with van der Waals surface area (Å²) in [6.07, 6.45) is 0.733. The first-order valence-corrected chi connectivity index (χ1v) is 4.60. The van der Waals surface area contributed by atoms with Gasteiger partial charge in [0.05, 0.1) is 6.10 Å². The lowest BCUT2D eigenvalue weighted by atomic mass is 9.90. The molecule has 1 unspecified atom stereocenters. The summed E-state index contributed by atoms with van der Waals surface area (Å²) in [4.78, 5) is 0. The van der Waals surface area contributed by atoms with Gasteiger partial charge in [-0.15, -0.1) is 0 Å². The fourth-order valence-electron chi connectivity index (χ4n) is 0.786. The molecule has 0 aromatic rings. The van der Waals surface area contributed by atoms with E-state index in [9.17, 15) is 0 Å². The normalized spacial score (nSPS) is 14.8. The molecular formula is C9H22N2O. The van der Waals surface area contributed by atoms with E-state index in [1.807, 2.05) is 0 Å². The van der Waals surface area contributed by atoms with E-state index in [1.165, 1.54) is 0 Å². The van der Waals surface area contributed by atoms with Gasteiger partial charge in [-0.2, -0.15) is 0 Å². The van der Waals surface area contributed by atoms with Crippen LogP contribution in [-0.4, -0.2) is 30.8 Å². The van der Waals surface area contributed by atoms with Crippen molar-refractivity contribution in [2.75, 3.05) is 19.6 Å². The highest BCUT2D eigenvalue weighted by Gasteiger charge is 2.14. The topological polar surface area (TPSA) is 58.3 Å². The Hall–Kier alpha value is -0.120. The number of hydrogen-bond acceptors (Lipinski definition) is 3. The Kier molecular flexibility index (Phi) is 5.46. The van der Waals surface area contributed by atoms with Crippen LogP contribution >= 0.6 is 0 Å². The van der Waals surface area contributed by atoms with Crippen LogP contribution in [0.2, 0.25) is 0 Å². The molecule has 0 heterocycles. The maximum atomic E-state index is 9.14. The molecule has 0 fully saturated rings. The molecule has 0 saturated heterocycles. The van der Waals surface area contributed by atoms with Gasteiger partial charge in [0.15, 0.2) is 0 Å². The van der Waals surface area contributed by atoms with Crippen LogP contribution in [0, 0.1) is 5.41 Å².